The van der Waals surface area contributed by atoms with Gasteiger partial charge in [0.1, 0.15) is 17.2 Å². The fraction of sp³-hybridized carbons (Fsp3) is 0. The summed E-state index contributed by atoms with van der Waals surface area (Å²) in [4.78, 5) is 20.2. The number of ether oxygens (including phenoxy) is 2. The van der Waals surface area contributed by atoms with Crippen LogP contribution < -0.4 is 43.9 Å². The van der Waals surface area contributed by atoms with E-state index in [0.29, 0.717) is 40.0 Å². The van der Waals surface area contributed by atoms with Crippen molar-refractivity contribution in [3.8, 4) is 17.2 Å². The van der Waals surface area contributed by atoms with Gasteiger partial charge in [0, 0.05) is 23.5 Å². The zero-order valence-electron chi connectivity index (χ0n) is 19.7. The van der Waals surface area contributed by atoms with Crippen molar-refractivity contribution >= 4 is 46.6 Å². The molecule has 0 aliphatic carbocycles. The van der Waals surface area contributed by atoms with E-state index in [1.165, 1.54) is 24.3 Å². The van der Waals surface area contributed by atoms with E-state index >= 15 is 0 Å². The summed E-state index contributed by atoms with van der Waals surface area (Å²) in [6.07, 6.45) is 0. The molecule has 0 bridgehead atoms. The maximum Gasteiger partial charge on any atom is 0.335 e. The number of nitrogen functional groups attached to an aromatic ring is 6. The normalized spacial score (nSPS) is 9.51. The van der Waals surface area contributed by atoms with Crippen LogP contribution in [0.25, 0.3) is 0 Å². The third-order valence-corrected chi connectivity index (χ3v) is 4.57. The van der Waals surface area contributed by atoms with Gasteiger partial charge in [0.05, 0.1) is 28.3 Å². The molecule has 0 saturated heterocycles. The van der Waals surface area contributed by atoms with E-state index in [1.807, 2.05) is 0 Å². The van der Waals surface area contributed by atoms with Crippen LogP contribution in [0, 0.1) is 0 Å². The van der Waals surface area contributed by atoms with E-state index in [1.54, 1.807) is 60.7 Å². The molecule has 4 rings (SSSR count). The number of rotatable bonds is 5. The van der Waals surface area contributed by atoms with Gasteiger partial charge in [-0.15, -0.1) is 0 Å². The van der Waals surface area contributed by atoms with Gasteiger partial charge < -0.3 is 49.0 Å². The zero-order chi connectivity index (χ0) is 27.4. The maximum atomic E-state index is 10.4. The van der Waals surface area contributed by atoms with Crippen LogP contribution >= 0.6 is 0 Å². The van der Waals surface area contributed by atoms with Crippen molar-refractivity contribution in [1.82, 2.24) is 0 Å². The Morgan fingerprint density at radius 2 is 1.00 bits per heavy atom. The quantitative estimate of drug-likeness (QED) is 0.153. The van der Waals surface area contributed by atoms with E-state index in [9.17, 15) is 9.59 Å². The largest absolute Gasteiger partial charge is 0.478 e. The van der Waals surface area contributed by atoms with Gasteiger partial charge in [-0.1, -0.05) is 0 Å². The van der Waals surface area contributed by atoms with Crippen LogP contribution in [0.2, 0.25) is 0 Å². The van der Waals surface area contributed by atoms with Crippen molar-refractivity contribution in [2.75, 3.05) is 34.4 Å². The maximum absolute atomic E-state index is 10.4. The second-order valence-corrected chi connectivity index (χ2v) is 7.39. The summed E-state index contributed by atoms with van der Waals surface area (Å²) in [5.74, 6) is 0.518. The van der Waals surface area contributed by atoms with Crippen LogP contribution in [0.3, 0.4) is 0 Å². The Kier molecular flexibility index (Phi) is 9.98. The lowest BCUT2D eigenvalue weighted by Crippen LogP contribution is -1.96. The Labute approximate surface area is 213 Å². The first-order chi connectivity index (χ1) is 17.6. The second kappa shape index (κ2) is 13.3. The summed E-state index contributed by atoms with van der Waals surface area (Å²) in [6.45, 7) is 0.287. The molecule has 0 fully saturated rings. The van der Waals surface area contributed by atoms with Crippen LogP contribution in [0.15, 0.2) is 84.9 Å². The van der Waals surface area contributed by atoms with Crippen molar-refractivity contribution < 1.29 is 24.2 Å². The average Bonchev–Trinajstić information content (AvgIpc) is 2.87. The summed E-state index contributed by atoms with van der Waals surface area (Å²) >= 11 is 0. The third kappa shape index (κ3) is 9.29. The molecule has 0 spiro atoms. The molecule has 0 radical (unpaired) electrons. The van der Waals surface area contributed by atoms with Crippen LogP contribution in [0.1, 0.15) is 10.4 Å². The summed E-state index contributed by atoms with van der Waals surface area (Å²) < 4.78 is 10.0. The van der Waals surface area contributed by atoms with Crippen molar-refractivity contribution in [3.05, 3.63) is 90.5 Å². The molecule has 11 nitrogen and oxygen atoms in total. The van der Waals surface area contributed by atoms with Crippen LogP contribution in [-0.2, 0) is 4.79 Å². The monoisotopic (exact) mass is 504 g/mol. The van der Waals surface area contributed by atoms with E-state index in [4.69, 9.17) is 44.2 Å². The average molecular weight is 505 g/mol. The number of nitrogens with two attached hydrogens (primary N) is 6. The van der Waals surface area contributed by atoms with Gasteiger partial charge in [-0.2, -0.15) is 0 Å². The van der Waals surface area contributed by atoms with E-state index in [-0.39, 0.29) is 12.0 Å². The zero-order valence-corrected chi connectivity index (χ0v) is 19.7. The first-order valence-electron chi connectivity index (χ1n) is 10.6. The molecule has 0 amide bonds. The van der Waals surface area contributed by atoms with Crippen molar-refractivity contribution in [1.29, 1.82) is 0 Å². The molecule has 0 aliphatic rings. The minimum absolute atomic E-state index is 0.160. The van der Waals surface area contributed by atoms with E-state index < -0.39 is 5.97 Å². The Hall–Kier alpha value is -5.58. The van der Waals surface area contributed by atoms with Crippen LogP contribution in [-0.4, -0.2) is 17.5 Å². The number of carboxylic acids is 1. The van der Waals surface area contributed by atoms with Gasteiger partial charge >= 0.3 is 5.97 Å². The number of carbonyl (C=O) groups is 2. The van der Waals surface area contributed by atoms with Gasteiger partial charge in [-0.3, -0.25) is 4.79 Å². The molecule has 4 aromatic rings. The Morgan fingerprint density at radius 3 is 1.35 bits per heavy atom. The number of hydrogen-bond donors (Lipinski definition) is 7. The highest BCUT2D eigenvalue weighted by Crippen LogP contribution is 2.29. The van der Waals surface area contributed by atoms with Gasteiger partial charge in [0.15, 0.2) is 0 Å². The number of aromatic carboxylic acids is 1. The molecule has 37 heavy (non-hydrogen) atoms. The van der Waals surface area contributed by atoms with Crippen molar-refractivity contribution in [2.24, 2.45) is 0 Å². The van der Waals surface area contributed by atoms with E-state index in [2.05, 4.69) is 4.74 Å². The molecule has 0 aromatic heterocycles. The molecule has 0 unspecified atom stereocenters. The smallest absolute Gasteiger partial charge is 0.335 e. The lowest BCUT2D eigenvalue weighted by atomic mass is 10.2. The molecule has 4 aromatic carbocycles. The van der Waals surface area contributed by atoms with Gasteiger partial charge in [-0.05, 0) is 72.8 Å². The predicted molar refractivity (Wildman–Crippen MR) is 146 cm³/mol. The second-order valence-electron chi connectivity index (χ2n) is 7.39. The first-order valence-corrected chi connectivity index (χ1v) is 10.6. The lowest BCUT2D eigenvalue weighted by Gasteiger charge is -2.09. The molecule has 0 atom stereocenters. The van der Waals surface area contributed by atoms with E-state index in [0.717, 1.165) is 11.4 Å². The number of carboxylic acid groups (broad SMARTS) is 1. The molecule has 11 heteroatoms. The minimum atomic E-state index is -1.01. The Bertz CT molecular complexity index is 1260. The SMILES string of the molecule is Nc1ccc(N)cc1.Nc1ccc(Oc2ccc(N)c(N)c2)cc1N.O=COc1ccc(C(=O)O)cc1. The highest BCUT2D eigenvalue weighted by atomic mass is 16.5. The van der Waals surface area contributed by atoms with Crippen LogP contribution in [0.4, 0.5) is 34.1 Å². The topological polar surface area (TPSA) is 229 Å². The van der Waals surface area contributed by atoms with Crippen LogP contribution in [0.5, 0.6) is 17.2 Å². The molecular weight excluding hydrogens is 476 g/mol. The predicted octanol–water partition coefficient (Wildman–Crippen LogP) is 3.58. The highest BCUT2D eigenvalue weighted by Gasteiger charge is 2.03. The lowest BCUT2D eigenvalue weighted by molar-refractivity contribution is -0.120. The molecule has 0 aliphatic heterocycles. The Balaban J connectivity index is 0.000000210. The third-order valence-electron chi connectivity index (χ3n) is 4.57. The molecule has 192 valence electrons. The fourth-order valence-electron chi connectivity index (χ4n) is 2.60. The van der Waals surface area contributed by atoms with Crippen molar-refractivity contribution in [3.63, 3.8) is 0 Å². The van der Waals surface area contributed by atoms with Gasteiger partial charge in [0.25, 0.3) is 6.47 Å². The van der Waals surface area contributed by atoms with Crippen molar-refractivity contribution in [2.45, 2.75) is 0 Å². The first kappa shape index (κ1) is 27.7. The number of benzene rings is 4. The fourth-order valence-corrected chi connectivity index (χ4v) is 2.60. The summed E-state index contributed by atoms with van der Waals surface area (Å²) in [5, 5.41) is 8.50. The molecular formula is C26H28N6O5. The number of carbonyl (C=O) groups excluding carboxylic acids is 1. The summed E-state index contributed by atoms with van der Waals surface area (Å²) in [7, 11) is 0. The molecule has 13 N–H and O–H groups in total. The van der Waals surface area contributed by atoms with Gasteiger partial charge in [0.2, 0.25) is 0 Å². The Morgan fingerprint density at radius 1 is 0.595 bits per heavy atom. The number of anilines is 6. The molecule has 0 heterocycles. The minimum Gasteiger partial charge on any atom is -0.478 e. The summed E-state index contributed by atoms with van der Waals surface area (Å²) in [5.41, 5.74) is 37.0. The molecule has 0 saturated carbocycles. The highest BCUT2D eigenvalue weighted by molar-refractivity contribution is 5.87. The standard InChI is InChI=1S/C12H14N4O.C8H6O4.C6H8N2/c13-9-3-1-7(5-11(9)15)17-8-2-4-10(14)12(16)6-8;9-5-12-7-3-1-6(2-4-7)8(10)11;7-5-1-2-6(8)4-3-5/h1-6H,13-16H2;1-5H,(H,10,11);1-4H,7-8H2. The summed E-state index contributed by atoms with van der Waals surface area (Å²) in [6, 6.07) is 22.8. The number of hydrogen-bond acceptors (Lipinski definition) is 10. The van der Waals surface area contributed by atoms with Gasteiger partial charge in [-0.25, -0.2) is 4.79 Å².